The van der Waals surface area contributed by atoms with Crippen molar-refractivity contribution in [1.82, 2.24) is 4.57 Å². The molecule has 1 amide bonds. The first kappa shape index (κ1) is 19.0. The van der Waals surface area contributed by atoms with Gasteiger partial charge in [0.2, 0.25) is 0 Å². The molecule has 0 radical (unpaired) electrons. The number of carbonyl (C=O) groups is 1. The standard InChI is InChI=1S/C22H21ClN2O2S/c1-25-14-18(13-15-5-3-4-6-19(15)23)28-21(25)24-20(26)22(11-12-22)16-7-9-17(27-2)10-8-16/h3-10,14H,11-13H2,1-2H3/b24-21+. The van der Waals surface area contributed by atoms with Gasteiger partial charge in [-0.25, -0.2) is 0 Å². The Hall–Kier alpha value is -2.37. The summed E-state index contributed by atoms with van der Waals surface area (Å²) in [5.41, 5.74) is 1.60. The summed E-state index contributed by atoms with van der Waals surface area (Å²) in [6, 6.07) is 15.6. The summed E-state index contributed by atoms with van der Waals surface area (Å²) in [5.74, 6) is 0.720. The van der Waals surface area contributed by atoms with Crippen LogP contribution in [0.3, 0.4) is 0 Å². The minimum absolute atomic E-state index is 0.0700. The highest BCUT2D eigenvalue weighted by molar-refractivity contribution is 7.09. The van der Waals surface area contributed by atoms with Crippen LogP contribution in [0.15, 0.2) is 59.7 Å². The van der Waals surface area contributed by atoms with Crippen molar-refractivity contribution in [2.45, 2.75) is 24.7 Å². The van der Waals surface area contributed by atoms with Gasteiger partial charge in [-0.1, -0.05) is 41.9 Å². The maximum atomic E-state index is 13.0. The van der Waals surface area contributed by atoms with E-state index in [-0.39, 0.29) is 5.91 Å². The number of benzene rings is 2. The van der Waals surface area contributed by atoms with Crippen LogP contribution >= 0.6 is 22.9 Å². The van der Waals surface area contributed by atoms with Crippen LogP contribution in [-0.4, -0.2) is 17.6 Å². The van der Waals surface area contributed by atoms with Gasteiger partial charge in [0.05, 0.1) is 12.5 Å². The van der Waals surface area contributed by atoms with Gasteiger partial charge in [-0.15, -0.1) is 11.3 Å². The summed E-state index contributed by atoms with van der Waals surface area (Å²) in [4.78, 5) is 19.3. The number of hydrogen-bond acceptors (Lipinski definition) is 3. The molecule has 1 aliphatic rings. The Labute approximate surface area is 173 Å². The second-order valence-electron chi connectivity index (χ2n) is 7.09. The number of aromatic nitrogens is 1. The van der Waals surface area contributed by atoms with Gasteiger partial charge in [0.25, 0.3) is 5.91 Å². The number of hydrogen-bond donors (Lipinski definition) is 0. The first-order chi connectivity index (χ1) is 13.5. The van der Waals surface area contributed by atoms with E-state index in [1.807, 2.05) is 66.3 Å². The molecule has 0 spiro atoms. The van der Waals surface area contributed by atoms with Crippen molar-refractivity contribution in [2.24, 2.45) is 12.0 Å². The predicted octanol–water partition coefficient (Wildman–Crippen LogP) is 4.50. The van der Waals surface area contributed by atoms with Crippen molar-refractivity contribution in [2.75, 3.05) is 7.11 Å². The molecule has 144 valence electrons. The molecule has 1 heterocycles. The van der Waals surface area contributed by atoms with Crippen LogP contribution in [-0.2, 0) is 23.7 Å². The van der Waals surface area contributed by atoms with Gasteiger partial charge >= 0.3 is 0 Å². The lowest BCUT2D eigenvalue weighted by atomic mass is 9.95. The Balaban J connectivity index is 1.59. The van der Waals surface area contributed by atoms with E-state index in [0.717, 1.165) is 46.0 Å². The van der Waals surface area contributed by atoms with Crippen LogP contribution in [0.2, 0.25) is 5.02 Å². The van der Waals surface area contributed by atoms with Gasteiger partial charge < -0.3 is 9.30 Å². The van der Waals surface area contributed by atoms with Crippen LogP contribution < -0.4 is 9.54 Å². The Morgan fingerprint density at radius 1 is 1.21 bits per heavy atom. The van der Waals surface area contributed by atoms with E-state index < -0.39 is 5.41 Å². The lowest BCUT2D eigenvalue weighted by Crippen LogP contribution is -2.22. The zero-order chi connectivity index (χ0) is 19.7. The van der Waals surface area contributed by atoms with Crippen LogP contribution in [0.4, 0.5) is 0 Å². The van der Waals surface area contributed by atoms with E-state index in [2.05, 4.69) is 4.99 Å². The molecule has 0 atom stereocenters. The molecular formula is C22H21ClN2O2S. The Morgan fingerprint density at radius 3 is 2.57 bits per heavy atom. The minimum Gasteiger partial charge on any atom is -0.497 e. The first-order valence-corrected chi connectivity index (χ1v) is 10.3. The quantitative estimate of drug-likeness (QED) is 0.619. The van der Waals surface area contributed by atoms with Gasteiger partial charge in [0, 0.05) is 29.6 Å². The maximum absolute atomic E-state index is 13.0. The molecule has 1 fully saturated rings. The van der Waals surface area contributed by atoms with E-state index in [4.69, 9.17) is 16.3 Å². The lowest BCUT2D eigenvalue weighted by molar-refractivity contribution is -0.120. The van der Waals surface area contributed by atoms with E-state index in [9.17, 15) is 4.79 Å². The molecule has 4 rings (SSSR count). The average molecular weight is 413 g/mol. The third-order valence-electron chi connectivity index (χ3n) is 5.18. The molecule has 28 heavy (non-hydrogen) atoms. The van der Waals surface area contributed by atoms with Crippen LogP contribution in [0.25, 0.3) is 0 Å². The Morgan fingerprint density at radius 2 is 1.93 bits per heavy atom. The summed E-state index contributed by atoms with van der Waals surface area (Å²) in [6.07, 6.45) is 4.42. The van der Waals surface area contributed by atoms with Crippen molar-refractivity contribution in [1.29, 1.82) is 0 Å². The molecule has 2 aromatic carbocycles. The molecule has 0 bridgehead atoms. The number of halogens is 1. The van der Waals surface area contributed by atoms with Crippen molar-refractivity contribution in [3.8, 4) is 5.75 Å². The topological polar surface area (TPSA) is 43.6 Å². The molecule has 1 aromatic heterocycles. The fourth-order valence-corrected chi connectivity index (χ4v) is 4.56. The number of carbonyl (C=O) groups excluding carboxylic acids is 1. The molecule has 0 unspecified atom stereocenters. The lowest BCUT2D eigenvalue weighted by Gasteiger charge is -2.11. The number of nitrogens with zero attached hydrogens (tertiary/aromatic N) is 2. The summed E-state index contributed by atoms with van der Waals surface area (Å²) >= 11 is 7.81. The number of methoxy groups -OCH3 is 1. The highest BCUT2D eigenvalue weighted by Gasteiger charge is 2.51. The van der Waals surface area contributed by atoms with E-state index >= 15 is 0 Å². The second-order valence-corrected chi connectivity index (χ2v) is 8.59. The SMILES string of the molecule is COc1ccc(C2(C(=O)/N=c3/sc(Cc4ccccc4Cl)cn3C)CC2)cc1. The summed E-state index contributed by atoms with van der Waals surface area (Å²) in [5, 5.41) is 0.754. The van der Waals surface area contributed by atoms with Crippen molar-refractivity contribution >= 4 is 28.8 Å². The van der Waals surface area contributed by atoms with Gasteiger partial charge in [-0.3, -0.25) is 4.79 Å². The number of rotatable bonds is 5. The summed E-state index contributed by atoms with van der Waals surface area (Å²) < 4.78 is 7.13. The minimum atomic E-state index is -0.480. The number of thiazole rings is 1. The third kappa shape index (κ3) is 3.64. The number of amides is 1. The Bertz CT molecular complexity index is 1080. The van der Waals surface area contributed by atoms with Crippen molar-refractivity contribution in [3.05, 3.63) is 80.6 Å². The average Bonchev–Trinajstić information content (AvgIpc) is 3.44. The van der Waals surface area contributed by atoms with E-state index in [0.29, 0.717) is 4.80 Å². The monoisotopic (exact) mass is 412 g/mol. The van der Waals surface area contributed by atoms with E-state index in [1.54, 1.807) is 7.11 Å². The zero-order valence-electron chi connectivity index (χ0n) is 15.8. The third-order valence-corrected chi connectivity index (χ3v) is 6.63. The summed E-state index contributed by atoms with van der Waals surface area (Å²) in [7, 11) is 3.56. The van der Waals surface area contributed by atoms with E-state index in [1.165, 1.54) is 11.3 Å². The normalized spacial score (nSPS) is 15.5. The maximum Gasteiger partial charge on any atom is 0.258 e. The molecule has 0 saturated heterocycles. The fraction of sp³-hybridized carbons (Fsp3) is 0.273. The van der Waals surface area contributed by atoms with Crippen molar-refractivity contribution < 1.29 is 9.53 Å². The molecule has 0 N–H and O–H groups in total. The van der Waals surface area contributed by atoms with Crippen molar-refractivity contribution in [3.63, 3.8) is 0 Å². The molecular weight excluding hydrogens is 392 g/mol. The molecule has 3 aromatic rings. The molecule has 4 nitrogen and oxygen atoms in total. The highest BCUT2D eigenvalue weighted by Crippen LogP contribution is 2.49. The first-order valence-electron chi connectivity index (χ1n) is 9.14. The van der Waals surface area contributed by atoms with Crippen LogP contribution in [0, 0.1) is 0 Å². The second kappa shape index (κ2) is 7.57. The van der Waals surface area contributed by atoms with Gasteiger partial charge in [-0.05, 0) is 42.2 Å². The van der Waals surface area contributed by atoms with Gasteiger partial charge in [0.15, 0.2) is 4.80 Å². The molecule has 1 saturated carbocycles. The van der Waals surface area contributed by atoms with Crippen LogP contribution in [0.1, 0.15) is 28.8 Å². The highest BCUT2D eigenvalue weighted by atomic mass is 35.5. The summed E-state index contributed by atoms with van der Waals surface area (Å²) in [6.45, 7) is 0. The number of aryl methyl sites for hydroxylation is 1. The predicted molar refractivity (Wildman–Crippen MR) is 112 cm³/mol. The van der Waals surface area contributed by atoms with Crippen LogP contribution in [0.5, 0.6) is 5.75 Å². The zero-order valence-corrected chi connectivity index (χ0v) is 17.4. The van der Waals surface area contributed by atoms with Gasteiger partial charge in [0.1, 0.15) is 5.75 Å². The molecule has 0 aliphatic heterocycles. The smallest absolute Gasteiger partial charge is 0.258 e. The largest absolute Gasteiger partial charge is 0.497 e. The van der Waals surface area contributed by atoms with Gasteiger partial charge in [-0.2, -0.15) is 4.99 Å². The fourth-order valence-electron chi connectivity index (χ4n) is 3.35. The Kier molecular flexibility index (Phi) is 5.13. The molecule has 6 heteroatoms. The molecule has 1 aliphatic carbocycles. The number of ether oxygens (including phenoxy) is 1.